The van der Waals surface area contributed by atoms with E-state index in [0.717, 1.165) is 6.54 Å². The molecule has 0 saturated heterocycles. The van der Waals surface area contributed by atoms with Crippen molar-refractivity contribution in [2.75, 3.05) is 45.2 Å². The van der Waals surface area contributed by atoms with E-state index in [1.807, 2.05) is 19.0 Å². The van der Waals surface area contributed by atoms with Crippen molar-refractivity contribution in [2.45, 2.75) is 9.24 Å². The summed E-state index contributed by atoms with van der Waals surface area (Å²) < 4.78 is 59.1. The van der Waals surface area contributed by atoms with Gasteiger partial charge in [-0.3, -0.25) is 4.72 Å². The number of carbonyl (C=O) groups excluding carboxylic acids is 1. The second kappa shape index (κ2) is 10.2. The van der Waals surface area contributed by atoms with Gasteiger partial charge in [0, 0.05) is 6.54 Å². The predicted molar refractivity (Wildman–Crippen MR) is 108 cm³/mol. The lowest BCUT2D eigenvalue weighted by Crippen LogP contribution is -2.19. The average Bonchev–Trinajstić information content (AvgIpc) is 3.12. The number of hydrogen-bond donors (Lipinski definition) is 2. The fraction of sp³-hybridized carbons (Fsp3) is 0.400. The fourth-order valence-electron chi connectivity index (χ4n) is 1.94. The number of aromatic nitrogens is 2. The monoisotopic (exact) mass is 479 g/mol. The largest absolute Gasteiger partial charge is 0.460 e. The number of likely N-dealkylation sites (N-methyl/N-ethyl adjacent to an activating group) is 1. The second-order valence-electron chi connectivity index (χ2n) is 6.10. The summed E-state index contributed by atoms with van der Waals surface area (Å²) in [6.07, 6.45) is 0. The molecule has 0 amide bonds. The van der Waals surface area contributed by atoms with Crippen LogP contribution in [0.15, 0.2) is 33.5 Å². The number of anilines is 1. The van der Waals surface area contributed by atoms with Gasteiger partial charge in [0.25, 0.3) is 20.0 Å². The zero-order valence-electron chi connectivity index (χ0n) is 16.1. The third kappa shape index (κ3) is 7.26. The van der Waals surface area contributed by atoms with E-state index in [2.05, 4.69) is 14.9 Å². The lowest BCUT2D eigenvalue weighted by molar-refractivity contribution is 0.0299. The van der Waals surface area contributed by atoms with Crippen LogP contribution in [0, 0.1) is 0 Å². The highest BCUT2D eigenvalue weighted by atomic mass is 32.2. The van der Waals surface area contributed by atoms with Crippen LogP contribution in [0.3, 0.4) is 0 Å². The van der Waals surface area contributed by atoms with Crippen molar-refractivity contribution in [3.63, 3.8) is 0 Å². The van der Waals surface area contributed by atoms with Crippen molar-refractivity contribution in [2.24, 2.45) is 5.14 Å². The Morgan fingerprint density at radius 3 is 2.33 bits per heavy atom. The number of primary sulfonamides is 1. The molecule has 0 aliphatic heterocycles. The molecule has 0 saturated carbocycles. The van der Waals surface area contributed by atoms with Gasteiger partial charge in [-0.2, -0.15) is 0 Å². The highest BCUT2D eigenvalue weighted by Gasteiger charge is 2.20. The molecule has 2 rings (SSSR count). The lowest BCUT2D eigenvalue weighted by atomic mass is 10.2. The van der Waals surface area contributed by atoms with E-state index < -0.39 is 30.4 Å². The summed E-state index contributed by atoms with van der Waals surface area (Å²) >= 11 is 0.471. The van der Waals surface area contributed by atoms with Crippen molar-refractivity contribution in [3.8, 4) is 0 Å². The SMILES string of the molecule is CN(C)CCOCCOC(=O)c1ccc(S(=O)(=O)Nc2nnc(S(N)(=O)=O)s2)cc1. The van der Waals surface area contributed by atoms with Gasteiger partial charge in [-0.05, 0) is 38.4 Å². The zero-order valence-corrected chi connectivity index (χ0v) is 18.6. The summed E-state index contributed by atoms with van der Waals surface area (Å²) in [5.41, 5.74) is 0.162. The molecule has 30 heavy (non-hydrogen) atoms. The topological polar surface area (TPSA) is 171 Å². The summed E-state index contributed by atoms with van der Waals surface area (Å²) in [6.45, 7) is 1.57. The number of nitrogens with one attached hydrogen (secondary N) is 1. The van der Waals surface area contributed by atoms with Crippen molar-refractivity contribution in [1.82, 2.24) is 15.1 Å². The van der Waals surface area contributed by atoms with E-state index in [1.54, 1.807) is 0 Å². The van der Waals surface area contributed by atoms with E-state index in [-0.39, 0.29) is 28.8 Å². The number of nitrogens with two attached hydrogens (primary N) is 1. The number of hydrogen-bond acceptors (Lipinski definition) is 11. The number of sulfonamides is 2. The summed E-state index contributed by atoms with van der Waals surface area (Å²) in [5.74, 6) is -0.620. The van der Waals surface area contributed by atoms with Gasteiger partial charge in [0.2, 0.25) is 9.47 Å². The minimum absolute atomic E-state index is 0.0668. The first-order chi connectivity index (χ1) is 14.0. The van der Waals surface area contributed by atoms with Crippen molar-refractivity contribution in [1.29, 1.82) is 0 Å². The molecular formula is C15H21N5O7S3. The van der Waals surface area contributed by atoms with E-state index in [1.165, 1.54) is 24.3 Å². The molecule has 0 aliphatic rings. The lowest BCUT2D eigenvalue weighted by Gasteiger charge is -2.10. The zero-order chi connectivity index (χ0) is 22.4. The maximum Gasteiger partial charge on any atom is 0.338 e. The maximum absolute atomic E-state index is 12.4. The standard InChI is InChI=1S/C15H21N5O7S3/c1-20(2)7-8-26-9-10-27-13(21)11-3-5-12(6-4-11)30(24,25)19-14-17-18-15(28-14)29(16,22)23/h3-6H,7-10H2,1-2H3,(H,17,19)(H2,16,22,23). The van der Waals surface area contributed by atoms with Gasteiger partial charge in [-0.25, -0.2) is 26.8 Å². The molecule has 2 aromatic rings. The molecule has 0 spiro atoms. The fourth-order valence-corrected chi connectivity index (χ4v) is 4.50. The third-order valence-corrected chi connectivity index (χ3v) is 7.05. The van der Waals surface area contributed by atoms with Crippen LogP contribution < -0.4 is 9.86 Å². The Balaban J connectivity index is 1.92. The van der Waals surface area contributed by atoms with Crippen LogP contribution in [0.5, 0.6) is 0 Å². The highest BCUT2D eigenvalue weighted by Crippen LogP contribution is 2.22. The van der Waals surface area contributed by atoms with Gasteiger partial charge in [0.15, 0.2) is 0 Å². The van der Waals surface area contributed by atoms with Crippen LogP contribution in [-0.2, 0) is 29.5 Å². The predicted octanol–water partition coefficient (Wildman–Crippen LogP) is -0.279. The Morgan fingerprint density at radius 2 is 1.77 bits per heavy atom. The molecule has 15 heteroatoms. The van der Waals surface area contributed by atoms with Crippen LogP contribution in [-0.4, -0.2) is 78.4 Å². The summed E-state index contributed by atoms with van der Waals surface area (Å²) in [4.78, 5) is 13.8. The molecule has 0 radical (unpaired) electrons. The Bertz CT molecular complexity index is 1070. The molecule has 12 nitrogen and oxygen atoms in total. The smallest absolute Gasteiger partial charge is 0.338 e. The van der Waals surface area contributed by atoms with Crippen molar-refractivity contribution < 1.29 is 31.1 Å². The first-order valence-corrected chi connectivity index (χ1v) is 12.2. The Labute approximate surface area is 178 Å². The molecular weight excluding hydrogens is 458 g/mol. The molecule has 0 atom stereocenters. The van der Waals surface area contributed by atoms with Gasteiger partial charge in [0.1, 0.15) is 6.61 Å². The summed E-state index contributed by atoms with van der Waals surface area (Å²) in [5, 5.41) is 11.4. The summed E-state index contributed by atoms with van der Waals surface area (Å²) in [6, 6.07) is 4.99. The molecule has 0 aliphatic carbocycles. The molecule has 0 bridgehead atoms. The number of nitrogens with zero attached hydrogens (tertiary/aromatic N) is 3. The molecule has 1 aromatic carbocycles. The van der Waals surface area contributed by atoms with Crippen LogP contribution in [0.2, 0.25) is 0 Å². The maximum atomic E-state index is 12.4. The second-order valence-corrected chi connectivity index (χ2v) is 10.5. The minimum Gasteiger partial charge on any atom is -0.460 e. The third-order valence-electron chi connectivity index (χ3n) is 3.42. The van der Waals surface area contributed by atoms with Gasteiger partial charge < -0.3 is 14.4 Å². The van der Waals surface area contributed by atoms with Gasteiger partial charge in [-0.15, -0.1) is 10.2 Å². The van der Waals surface area contributed by atoms with E-state index in [0.29, 0.717) is 17.9 Å². The normalized spacial score (nSPS) is 12.1. The van der Waals surface area contributed by atoms with E-state index in [9.17, 15) is 21.6 Å². The number of ether oxygens (including phenoxy) is 2. The van der Waals surface area contributed by atoms with Gasteiger partial charge in [0.05, 0.1) is 23.7 Å². The Kier molecular flexibility index (Phi) is 8.22. The average molecular weight is 480 g/mol. The van der Waals surface area contributed by atoms with Crippen LogP contribution in [0.1, 0.15) is 10.4 Å². The van der Waals surface area contributed by atoms with E-state index in [4.69, 9.17) is 14.6 Å². The molecule has 0 fully saturated rings. The van der Waals surface area contributed by atoms with Crippen molar-refractivity contribution in [3.05, 3.63) is 29.8 Å². The van der Waals surface area contributed by atoms with Gasteiger partial charge >= 0.3 is 5.97 Å². The molecule has 0 unspecified atom stereocenters. The molecule has 166 valence electrons. The van der Waals surface area contributed by atoms with E-state index >= 15 is 0 Å². The van der Waals surface area contributed by atoms with Crippen molar-refractivity contribution >= 4 is 42.5 Å². The highest BCUT2D eigenvalue weighted by molar-refractivity contribution is 7.93. The first-order valence-electron chi connectivity index (χ1n) is 8.38. The number of esters is 1. The minimum atomic E-state index is -4.09. The van der Waals surface area contributed by atoms with Crippen LogP contribution in [0.4, 0.5) is 5.13 Å². The van der Waals surface area contributed by atoms with Crippen LogP contribution >= 0.6 is 11.3 Å². The Morgan fingerprint density at radius 1 is 1.10 bits per heavy atom. The summed E-state index contributed by atoms with van der Waals surface area (Å²) in [7, 11) is -4.33. The Hall–Kier alpha value is -2.17. The number of carbonyl (C=O) groups is 1. The molecule has 1 aromatic heterocycles. The number of benzene rings is 1. The quantitative estimate of drug-likeness (QED) is 0.322. The van der Waals surface area contributed by atoms with Crippen LogP contribution in [0.25, 0.3) is 0 Å². The number of rotatable bonds is 11. The first kappa shape index (κ1) is 24.1. The molecule has 3 N–H and O–H groups in total. The molecule has 1 heterocycles. The van der Waals surface area contributed by atoms with Gasteiger partial charge in [-0.1, -0.05) is 11.3 Å².